The molecule has 0 aromatic carbocycles. The van der Waals surface area contributed by atoms with Crippen LogP contribution in [0.25, 0.3) is 0 Å². The van der Waals surface area contributed by atoms with Gasteiger partial charge < -0.3 is 5.11 Å². The maximum absolute atomic E-state index is 12.0. The van der Waals surface area contributed by atoms with Crippen LogP contribution < -0.4 is 0 Å². The van der Waals surface area contributed by atoms with E-state index in [1.54, 1.807) is 0 Å². The smallest absolute Gasteiger partial charge is 0.152 e. The summed E-state index contributed by atoms with van der Waals surface area (Å²) in [5, 5.41) is 9.06. The van der Waals surface area contributed by atoms with Gasteiger partial charge in [0, 0.05) is 18.0 Å². The summed E-state index contributed by atoms with van der Waals surface area (Å²) in [5.41, 5.74) is -0.272. The van der Waals surface area contributed by atoms with E-state index >= 15 is 0 Å². The van der Waals surface area contributed by atoms with E-state index in [1.165, 1.54) is 25.7 Å². The zero-order valence-electron chi connectivity index (χ0n) is 10.8. The summed E-state index contributed by atoms with van der Waals surface area (Å²) in [6.07, 6.45) is 4.88. The molecule has 94 valence electrons. The molecule has 3 heteroatoms. The zero-order chi connectivity index (χ0) is 12.2. The van der Waals surface area contributed by atoms with Crippen molar-refractivity contribution in [3.8, 4) is 0 Å². The topological polar surface area (TPSA) is 40.5 Å². The van der Waals surface area contributed by atoms with Crippen LogP contribution in [0.3, 0.4) is 0 Å². The Balaban J connectivity index is 2.53. The molecular formula is C13H25NO2. The van der Waals surface area contributed by atoms with Gasteiger partial charge in [-0.1, -0.05) is 33.6 Å². The van der Waals surface area contributed by atoms with Gasteiger partial charge in [-0.15, -0.1) is 0 Å². The van der Waals surface area contributed by atoms with Gasteiger partial charge in [-0.25, -0.2) is 0 Å². The van der Waals surface area contributed by atoms with Crippen LogP contribution in [0.4, 0.5) is 0 Å². The number of hydrogen-bond acceptors (Lipinski definition) is 3. The van der Waals surface area contributed by atoms with E-state index in [9.17, 15) is 4.79 Å². The number of aliphatic hydroxyl groups is 1. The molecule has 0 radical (unpaired) electrons. The summed E-state index contributed by atoms with van der Waals surface area (Å²) in [6.45, 7) is 7.15. The molecule has 0 aromatic rings. The second-order valence-corrected chi connectivity index (χ2v) is 5.81. The maximum Gasteiger partial charge on any atom is 0.152 e. The summed E-state index contributed by atoms with van der Waals surface area (Å²) < 4.78 is 0. The summed E-state index contributed by atoms with van der Waals surface area (Å²) >= 11 is 0. The van der Waals surface area contributed by atoms with E-state index < -0.39 is 0 Å². The molecule has 3 nitrogen and oxygen atoms in total. The molecule has 1 aliphatic rings. The van der Waals surface area contributed by atoms with Crippen molar-refractivity contribution in [2.75, 3.05) is 19.7 Å². The van der Waals surface area contributed by atoms with Gasteiger partial charge in [-0.05, 0) is 12.8 Å². The van der Waals surface area contributed by atoms with E-state index in [4.69, 9.17) is 5.11 Å². The summed E-state index contributed by atoms with van der Waals surface area (Å²) in [6, 6.07) is 0.512. The van der Waals surface area contributed by atoms with E-state index in [1.807, 2.05) is 20.8 Å². The van der Waals surface area contributed by atoms with Crippen molar-refractivity contribution in [1.82, 2.24) is 4.90 Å². The molecule has 1 fully saturated rings. The van der Waals surface area contributed by atoms with Crippen LogP contribution in [-0.2, 0) is 4.79 Å². The minimum absolute atomic E-state index is 0.147. The first-order valence-electron chi connectivity index (χ1n) is 6.33. The van der Waals surface area contributed by atoms with Crippen molar-refractivity contribution in [2.45, 2.75) is 52.5 Å². The Bertz CT molecular complexity index is 227. The van der Waals surface area contributed by atoms with Crippen LogP contribution >= 0.6 is 0 Å². The van der Waals surface area contributed by atoms with Crippen molar-refractivity contribution in [3.63, 3.8) is 0 Å². The molecule has 0 spiro atoms. The van der Waals surface area contributed by atoms with E-state index in [0.29, 0.717) is 19.1 Å². The highest BCUT2D eigenvalue weighted by Gasteiger charge is 2.28. The first-order valence-corrected chi connectivity index (χ1v) is 6.33. The Hall–Kier alpha value is -0.410. The van der Waals surface area contributed by atoms with Gasteiger partial charge in [0.25, 0.3) is 0 Å². The Kier molecular flexibility index (Phi) is 4.93. The Labute approximate surface area is 98.8 Å². The van der Waals surface area contributed by atoms with Gasteiger partial charge in [0.2, 0.25) is 0 Å². The van der Waals surface area contributed by atoms with Crippen LogP contribution in [0.1, 0.15) is 46.5 Å². The molecule has 0 aromatic heterocycles. The lowest BCUT2D eigenvalue weighted by molar-refractivity contribution is -0.128. The van der Waals surface area contributed by atoms with Gasteiger partial charge in [-0.2, -0.15) is 0 Å². The first kappa shape index (κ1) is 13.7. The standard InChI is InChI=1S/C13H25NO2/c1-13(2,3)12(16)10-14(8-9-15)11-6-4-5-7-11/h11,15H,4-10H2,1-3H3. The third-order valence-corrected chi connectivity index (χ3v) is 3.41. The van der Waals surface area contributed by atoms with Gasteiger partial charge in [0.1, 0.15) is 0 Å². The number of hydrogen-bond donors (Lipinski definition) is 1. The van der Waals surface area contributed by atoms with Crippen molar-refractivity contribution in [3.05, 3.63) is 0 Å². The first-order chi connectivity index (χ1) is 7.45. The lowest BCUT2D eigenvalue weighted by atomic mass is 9.90. The average molecular weight is 227 g/mol. The van der Waals surface area contributed by atoms with Crippen LogP contribution in [-0.4, -0.2) is 41.5 Å². The fraction of sp³-hybridized carbons (Fsp3) is 0.923. The molecule has 0 bridgehead atoms. The molecule has 0 unspecified atom stereocenters. The van der Waals surface area contributed by atoms with Crippen LogP contribution in [0.5, 0.6) is 0 Å². The monoisotopic (exact) mass is 227 g/mol. The molecule has 0 saturated heterocycles. The van der Waals surface area contributed by atoms with Gasteiger partial charge in [0.05, 0.1) is 13.2 Å². The highest BCUT2D eigenvalue weighted by molar-refractivity contribution is 5.85. The molecule has 1 N–H and O–H groups in total. The predicted octanol–water partition coefficient (Wildman–Crippen LogP) is 1.84. The van der Waals surface area contributed by atoms with Crippen molar-refractivity contribution in [1.29, 1.82) is 0 Å². The number of ketones is 1. The summed E-state index contributed by atoms with van der Waals surface area (Å²) in [7, 11) is 0. The number of rotatable bonds is 5. The minimum atomic E-state index is -0.272. The minimum Gasteiger partial charge on any atom is -0.395 e. The number of nitrogens with zero attached hydrogens (tertiary/aromatic N) is 1. The van der Waals surface area contributed by atoms with Crippen molar-refractivity contribution >= 4 is 5.78 Å². The SMILES string of the molecule is CC(C)(C)C(=O)CN(CCO)C1CCCC1. The lowest BCUT2D eigenvalue weighted by Crippen LogP contribution is -2.42. The highest BCUT2D eigenvalue weighted by atomic mass is 16.3. The van der Waals surface area contributed by atoms with E-state index in [2.05, 4.69) is 4.90 Å². The molecular weight excluding hydrogens is 202 g/mol. The maximum atomic E-state index is 12.0. The second kappa shape index (κ2) is 5.78. The largest absolute Gasteiger partial charge is 0.395 e. The Morgan fingerprint density at radius 2 is 1.88 bits per heavy atom. The number of aliphatic hydroxyl groups excluding tert-OH is 1. The average Bonchev–Trinajstić information content (AvgIpc) is 2.68. The third kappa shape index (κ3) is 3.87. The molecule has 16 heavy (non-hydrogen) atoms. The molecule has 0 heterocycles. The van der Waals surface area contributed by atoms with E-state index in [0.717, 1.165) is 0 Å². The van der Waals surface area contributed by atoms with Crippen LogP contribution in [0.2, 0.25) is 0 Å². The van der Waals surface area contributed by atoms with Crippen LogP contribution in [0.15, 0.2) is 0 Å². The van der Waals surface area contributed by atoms with Gasteiger partial charge in [0.15, 0.2) is 5.78 Å². The number of carbonyl (C=O) groups excluding carboxylic acids is 1. The fourth-order valence-corrected chi connectivity index (χ4v) is 2.21. The molecule has 1 saturated carbocycles. The lowest BCUT2D eigenvalue weighted by Gasteiger charge is -2.30. The zero-order valence-corrected chi connectivity index (χ0v) is 10.8. The fourth-order valence-electron chi connectivity index (χ4n) is 2.21. The Morgan fingerprint density at radius 3 is 2.31 bits per heavy atom. The van der Waals surface area contributed by atoms with Crippen LogP contribution in [0, 0.1) is 5.41 Å². The second-order valence-electron chi connectivity index (χ2n) is 5.81. The highest BCUT2D eigenvalue weighted by Crippen LogP contribution is 2.24. The molecule has 0 aliphatic heterocycles. The summed E-state index contributed by atoms with van der Waals surface area (Å²) in [5.74, 6) is 0.271. The predicted molar refractivity (Wildman–Crippen MR) is 65.4 cm³/mol. The normalized spacial score (nSPS) is 18.3. The quantitative estimate of drug-likeness (QED) is 0.779. The van der Waals surface area contributed by atoms with Crippen molar-refractivity contribution in [2.24, 2.45) is 5.41 Å². The third-order valence-electron chi connectivity index (χ3n) is 3.41. The molecule has 0 amide bonds. The number of carbonyl (C=O) groups is 1. The molecule has 0 atom stereocenters. The van der Waals surface area contributed by atoms with E-state index in [-0.39, 0.29) is 17.8 Å². The number of Topliss-reactive ketones (excluding diaryl/α,β-unsaturated/α-hetero) is 1. The van der Waals surface area contributed by atoms with Gasteiger partial charge >= 0.3 is 0 Å². The summed E-state index contributed by atoms with van der Waals surface area (Å²) in [4.78, 5) is 14.2. The molecule has 1 rings (SSSR count). The molecule has 1 aliphatic carbocycles. The van der Waals surface area contributed by atoms with Gasteiger partial charge in [-0.3, -0.25) is 9.69 Å². The Morgan fingerprint density at radius 1 is 1.31 bits per heavy atom. The van der Waals surface area contributed by atoms with Crippen molar-refractivity contribution < 1.29 is 9.90 Å².